The lowest BCUT2D eigenvalue weighted by molar-refractivity contribution is 0.292. The average molecular weight is 203 g/mol. The van der Waals surface area contributed by atoms with Gasteiger partial charge in [-0.25, -0.2) is 4.98 Å². The van der Waals surface area contributed by atoms with Crippen molar-refractivity contribution in [2.24, 2.45) is 0 Å². The van der Waals surface area contributed by atoms with E-state index in [1.807, 2.05) is 0 Å². The fraction of sp³-hybridized carbons (Fsp3) is 0.429. The molecule has 4 N–H and O–H groups in total. The van der Waals surface area contributed by atoms with Gasteiger partial charge in [0.2, 0.25) is 5.95 Å². The largest absolute Gasteiger partial charge is 0.396 e. The molecule has 1 aromatic heterocycles. The number of nitrogens with one attached hydrogen (secondary N) is 1. The first-order chi connectivity index (χ1) is 6.22. The van der Waals surface area contributed by atoms with Crippen molar-refractivity contribution in [3.63, 3.8) is 0 Å². The lowest BCUT2D eigenvalue weighted by Crippen LogP contribution is -2.06. The number of aliphatic hydroxyl groups is 1. The van der Waals surface area contributed by atoms with E-state index >= 15 is 0 Å². The molecule has 0 saturated carbocycles. The van der Waals surface area contributed by atoms with Crippen LogP contribution in [0.15, 0.2) is 6.07 Å². The summed E-state index contributed by atoms with van der Waals surface area (Å²) in [6.45, 7) is 0.768. The molecule has 0 radical (unpaired) electrons. The smallest absolute Gasteiger partial charge is 0.223 e. The average Bonchev–Trinajstić information content (AvgIpc) is 2.03. The minimum atomic E-state index is 0.138. The van der Waals surface area contributed by atoms with E-state index in [4.69, 9.17) is 22.4 Å². The Labute approximate surface area is 81.0 Å². The predicted molar refractivity (Wildman–Crippen MR) is 51.6 cm³/mol. The number of anilines is 2. The molecule has 0 amide bonds. The molecular weight excluding hydrogens is 192 g/mol. The van der Waals surface area contributed by atoms with E-state index < -0.39 is 0 Å². The summed E-state index contributed by atoms with van der Waals surface area (Å²) in [5.41, 5.74) is 5.37. The first-order valence-electron chi connectivity index (χ1n) is 3.87. The molecule has 0 fully saturated rings. The normalized spacial score (nSPS) is 10.0. The minimum absolute atomic E-state index is 0.138. The van der Waals surface area contributed by atoms with Crippen LogP contribution in [0.4, 0.5) is 11.8 Å². The fourth-order valence-corrected chi connectivity index (χ4v) is 1.01. The zero-order valence-corrected chi connectivity index (χ0v) is 7.75. The third-order valence-electron chi connectivity index (χ3n) is 1.35. The van der Waals surface area contributed by atoms with E-state index in [2.05, 4.69) is 15.3 Å². The van der Waals surface area contributed by atoms with Crippen LogP contribution in [0.2, 0.25) is 5.15 Å². The van der Waals surface area contributed by atoms with E-state index in [-0.39, 0.29) is 12.6 Å². The highest BCUT2D eigenvalue weighted by Crippen LogP contribution is 2.11. The van der Waals surface area contributed by atoms with Crippen molar-refractivity contribution in [2.75, 3.05) is 24.2 Å². The first-order valence-corrected chi connectivity index (χ1v) is 4.25. The standard InChI is InChI=1S/C7H11ClN4O/c8-5-4-6(10-2-1-3-13)12-7(9)11-5/h4,13H,1-3H2,(H3,9,10,11,12). The molecule has 0 unspecified atom stereocenters. The molecule has 1 rings (SSSR count). The Morgan fingerprint density at radius 3 is 2.92 bits per heavy atom. The first kappa shape index (κ1) is 10.0. The zero-order valence-electron chi connectivity index (χ0n) is 7.00. The maximum absolute atomic E-state index is 8.53. The van der Waals surface area contributed by atoms with Gasteiger partial charge in [0.25, 0.3) is 0 Å². The molecule has 0 aromatic carbocycles. The third kappa shape index (κ3) is 3.43. The van der Waals surface area contributed by atoms with Crippen LogP contribution in [0.3, 0.4) is 0 Å². The summed E-state index contributed by atoms with van der Waals surface area (Å²) in [5.74, 6) is 0.713. The Hall–Kier alpha value is -1.07. The number of rotatable bonds is 4. The van der Waals surface area contributed by atoms with Crippen LogP contribution in [0.1, 0.15) is 6.42 Å². The molecule has 5 nitrogen and oxygen atoms in total. The monoisotopic (exact) mass is 202 g/mol. The summed E-state index contributed by atoms with van der Waals surface area (Å²) < 4.78 is 0. The molecule has 0 bridgehead atoms. The maximum atomic E-state index is 8.53. The highest BCUT2D eigenvalue weighted by Gasteiger charge is 1.98. The van der Waals surface area contributed by atoms with Gasteiger partial charge in [0, 0.05) is 19.2 Å². The number of nitrogen functional groups attached to an aromatic ring is 1. The van der Waals surface area contributed by atoms with E-state index in [0.717, 1.165) is 0 Å². The Morgan fingerprint density at radius 1 is 1.54 bits per heavy atom. The molecule has 0 saturated heterocycles. The molecule has 0 aliphatic heterocycles. The Kier molecular flexibility index (Phi) is 3.72. The number of nitrogens with zero attached hydrogens (tertiary/aromatic N) is 2. The number of nitrogens with two attached hydrogens (primary N) is 1. The topological polar surface area (TPSA) is 84.1 Å². The lowest BCUT2D eigenvalue weighted by atomic mass is 10.4. The van der Waals surface area contributed by atoms with Crippen LogP contribution in [0.25, 0.3) is 0 Å². The SMILES string of the molecule is Nc1nc(Cl)cc(NCCCO)n1. The summed E-state index contributed by atoms with van der Waals surface area (Å²) in [7, 11) is 0. The number of halogens is 1. The Morgan fingerprint density at radius 2 is 2.31 bits per heavy atom. The molecule has 0 spiro atoms. The Bertz CT molecular complexity index is 261. The van der Waals surface area contributed by atoms with Crippen molar-refractivity contribution in [3.05, 3.63) is 11.2 Å². The Balaban J connectivity index is 2.56. The molecular formula is C7H11ClN4O. The minimum Gasteiger partial charge on any atom is -0.396 e. The molecule has 72 valence electrons. The van der Waals surface area contributed by atoms with Crippen molar-refractivity contribution in [3.8, 4) is 0 Å². The van der Waals surface area contributed by atoms with E-state index in [1.165, 1.54) is 0 Å². The number of aliphatic hydroxyl groups excluding tert-OH is 1. The van der Waals surface area contributed by atoms with Gasteiger partial charge in [0.1, 0.15) is 11.0 Å². The maximum Gasteiger partial charge on any atom is 0.223 e. The van der Waals surface area contributed by atoms with Crippen LogP contribution in [-0.2, 0) is 0 Å². The van der Waals surface area contributed by atoms with Gasteiger partial charge in [0.15, 0.2) is 0 Å². The van der Waals surface area contributed by atoms with Gasteiger partial charge in [-0.1, -0.05) is 11.6 Å². The summed E-state index contributed by atoms with van der Waals surface area (Å²) in [5, 5.41) is 11.8. The molecule has 0 aliphatic carbocycles. The highest BCUT2D eigenvalue weighted by molar-refractivity contribution is 6.29. The second kappa shape index (κ2) is 4.84. The van der Waals surface area contributed by atoms with Gasteiger partial charge in [-0.15, -0.1) is 0 Å². The summed E-state index contributed by atoms with van der Waals surface area (Å²) in [4.78, 5) is 7.60. The van der Waals surface area contributed by atoms with Gasteiger partial charge in [-0.05, 0) is 6.42 Å². The third-order valence-corrected chi connectivity index (χ3v) is 1.55. The van der Waals surface area contributed by atoms with Crippen molar-refractivity contribution >= 4 is 23.4 Å². The second-order valence-corrected chi connectivity index (χ2v) is 2.83. The number of hydrogen-bond donors (Lipinski definition) is 3. The number of aromatic nitrogens is 2. The quantitative estimate of drug-likeness (QED) is 0.489. The zero-order chi connectivity index (χ0) is 9.68. The van der Waals surface area contributed by atoms with Gasteiger partial charge >= 0.3 is 0 Å². The molecule has 6 heteroatoms. The second-order valence-electron chi connectivity index (χ2n) is 2.44. The fourth-order valence-electron chi connectivity index (χ4n) is 0.821. The van der Waals surface area contributed by atoms with Gasteiger partial charge < -0.3 is 16.2 Å². The van der Waals surface area contributed by atoms with Crippen LogP contribution in [0, 0.1) is 0 Å². The predicted octanol–water partition coefficient (Wildman–Crippen LogP) is 0.506. The van der Waals surface area contributed by atoms with Crippen LogP contribution in [-0.4, -0.2) is 28.2 Å². The molecule has 13 heavy (non-hydrogen) atoms. The molecule has 0 aliphatic rings. The molecule has 1 aromatic rings. The summed E-state index contributed by atoms with van der Waals surface area (Å²) in [6, 6.07) is 1.58. The molecule has 0 atom stereocenters. The van der Waals surface area contributed by atoms with E-state index in [0.29, 0.717) is 23.9 Å². The van der Waals surface area contributed by atoms with Crippen LogP contribution < -0.4 is 11.1 Å². The van der Waals surface area contributed by atoms with Crippen molar-refractivity contribution in [1.82, 2.24) is 9.97 Å². The van der Waals surface area contributed by atoms with Gasteiger partial charge in [-0.3, -0.25) is 0 Å². The van der Waals surface area contributed by atoms with E-state index in [9.17, 15) is 0 Å². The van der Waals surface area contributed by atoms with Crippen molar-refractivity contribution < 1.29 is 5.11 Å². The highest BCUT2D eigenvalue weighted by atomic mass is 35.5. The van der Waals surface area contributed by atoms with Gasteiger partial charge in [-0.2, -0.15) is 4.98 Å². The molecule has 1 heterocycles. The lowest BCUT2D eigenvalue weighted by Gasteiger charge is -2.04. The van der Waals surface area contributed by atoms with Crippen LogP contribution in [0.5, 0.6) is 0 Å². The van der Waals surface area contributed by atoms with E-state index in [1.54, 1.807) is 6.07 Å². The van der Waals surface area contributed by atoms with Crippen molar-refractivity contribution in [2.45, 2.75) is 6.42 Å². The summed E-state index contributed by atoms with van der Waals surface area (Å²) in [6.07, 6.45) is 0.654. The van der Waals surface area contributed by atoms with Gasteiger partial charge in [0.05, 0.1) is 0 Å². The summed E-state index contributed by atoms with van der Waals surface area (Å²) >= 11 is 5.64. The van der Waals surface area contributed by atoms with Crippen LogP contribution >= 0.6 is 11.6 Å². The van der Waals surface area contributed by atoms with Crippen molar-refractivity contribution in [1.29, 1.82) is 0 Å². The number of hydrogen-bond acceptors (Lipinski definition) is 5.